The number of unbranched alkanes of at least 4 members (excludes halogenated alkanes) is 1. The first-order valence-electron chi connectivity index (χ1n) is 11.4. The highest BCUT2D eigenvalue weighted by Crippen LogP contribution is 2.37. The molecule has 3 rings (SSSR count). The Hall–Kier alpha value is -2.54. The van der Waals surface area contributed by atoms with Gasteiger partial charge in [0.05, 0.1) is 17.1 Å². The minimum atomic E-state index is -3.85. The van der Waals surface area contributed by atoms with E-state index >= 15 is 0 Å². The SMILES string of the molecule is CCCC[C@@H](CC)CNC(=O)[C@H]1CN(S(=O)(=O)c2ccc(C)cc2)c2ccc(C)cc2O1. The van der Waals surface area contributed by atoms with E-state index in [2.05, 4.69) is 19.2 Å². The Morgan fingerprint density at radius 1 is 1.12 bits per heavy atom. The smallest absolute Gasteiger partial charge is 0.264 e. The topological polar surface area (TPSA) is 75.7 Å². The zero-order chi connectivity index (χ0) is 23.3. The molecular formula is C25H34N2O4S. The lowest BCUT2D eigenvalue weighted by molar-refractivity contribution is -0.127. The lowest BCUT2D eigenvalue weighted by atomic mass is 9.99. The van der Waals surface area contributed by atoms with Crippen molar-refractivity contribution in [3.8, 4) is 5.75 Å². The summed E-state index contributed by atoms with van der Waals surface area (Å²) in [6.45, 7) is 8.60. The third kappa shape index (κ3) is 5.44. The molecule has 2 aromatic rings. The van der Waals surface area contributed by atoms with Crippen LogP contribution >= 0.6 is 0 Å². The van der Waals surface area contributed by atoms with Gasteiger partial charge in [-0.2, -0.15) is 0 Å². The number of carbonyl (C=O) groups excluding carboxylic acids is 1. The highest BCUT2D eigenvalue weighted by Gasteiger charge is 2.37. The summed E-state index contributed by atoms with van der Waals surface area (Å²) in [5, 5.41) is 2.99. The van der Waals surface area contributed by atoms with E-state index in [-0.39, 0.29) is 17.3 Å². The minimum Gasteiger partial charge on any atom is -0.476 e. The number of benzene rings is 2. The second kappa shape index (κ2) is 10.4. The number of sulfonamides is 1. The monoisotopic (exact) mass is 458 g/mol. The van der Waals surface area contributed by atoms with Crippen molar-refractivity contribution in [2.24, 2.45) is 5.92 Å². The second-order valence-electron chi connectivity index (χ2n) is 8.59. The summed E-state index contributed by atoms with van der Waals surface area (Å²) in [5.41, 5.74) is 2.37. The molecule has 32 heavy (non-hydrogen) atoms. The van der Waals surface area contributed by atoms with Crippen molar-refractivity contribution in [1.82, 2.24) is 5.32 Å². The molecule has 0 fully saturated rings. The highest BCUT2D eigenvalue weighted by atomic mass is 32.2. The number of carbonyl (C=O) groups is 1. The van der Waals surface area contributed by atoms with Crippen LogP contribution in [0.5, 0.6) is 5.75 Å². The van der Waals surface area contributed by atoms with Crippen molar-refractivity contribution in [2.75, 3.05) is 17.4 Å². The van der Waals surface area contributed by atoms with Gasteiger partial charge in [-0.3, -0.25) is 9.10 Å². The maximum atomic E-state index is 13.5. The zero-order valence-electron chi connectivity index (χ0n) is 19.4. The normalized spacial score (nSPS) is 16.8. The molecule has 0 saturated heterocycles. The summed E-state index contributed by atoms with van der Waals surface area (Å²) in [4.78, 5) is 13.2. The van der Waals surface area contributed by atoms with Crippen molar-refractivity contribution in [3.05, 3.63) is 53.6 Å². The first-order valence-corrected chi connectivity index (χ1v) is 12.8. The molecule has 1 aliphatic heterocycles. The second-order valence-corrected chi connectivity index (χ2v) is 10.5. The van der Waals surface area contributed by atoms with Crippen LogP contribution in [-0.2, 0) is 14.8 Å². The summed E-state index contributed by atoms with van der Waals surface area (Å²) in [6, 6.07) is 12.1. The van der Waals surface area contributed by atoms with E-state index in [1.54, 1.807) is 36.4 Å². The molecule has 0 aromatic heterocycles. The summed E-state index contributed by atoms with van der Waals surface area (Å²) in [6.07, 6.45) is 3.39. The Morgan fingerprint density at radius 2 is 1.81 bits per heavy atom. The molecule has 2 atom stereocenters. The summed E-state index contributed by atoms with van der Waals surface area (Å²) in [5.74, 6) is 0.533. The number of anilines is 1. The Labute approximate surface area is 192 Å². The maximum Gasteiger partial charge on any atom is 0.264 e. The van der Waals surface area contributed by atoms with Gasteiger partial charge < -0.3 is 10.1 Å². The number of hydrogen-bond acceptors (Lipinski definition) is 4. The van der Waals surface area contributed by atoms with E-state index in [1.165, 1.54) is 4.31 Å². The Bertz CT molecular complexity index is 1030. The van der Waals surface area contributed by atoms with Gasteiger partial charge in [-0.05, 0) is 56.0 Å². The van der Waals surface area contributed by atoms with Crippen molar-refractivity contribution < 1.29 is 17.9 Å². The Balaban J connectivity index is 1.85. The lowest BCUT2D eigenvalue weighted by Crippen LogP contribution is -2.51. The summed E-state index contributed by atoms with van der Waals surface area (Å²) < 4.78 is 34.3. The van der Waals surface area contributed by atoms with E-state index in [0.29, 0.717) is 23.9 Å². The molecule has 0 bridgehead atoms. The molecule has 0 spiro atoms. The third-order valence-corrected chi connectivity index (χ3v) is 7.79. The Morgan fingerprint density at radius 3 is 2.47 bits per heavy atom. The van der Waals surface area contributed by atoms with Crippen LogP contribution in [0.15, 0.2) is 47.4 Å². The predicted octanol–water partition coefficient (Wildman–Crippen LogP) is 4.59. The van der Waals surface area contributed by atoms with Gasteiger partial charge in [0.2, 0.25) is 0 Å². The number of amides is 1. The van der Waals surface area contributed by atoms with Crippen LogP contribution in [0.4, 0.5) is 5.69 Å². The van der Waals surface area contributed by atoms with Crippen LogP contribution < -0.4 is 14.4 Å². The van der Waals surface area contributed by atoms with Crippen LogP contribution in [0.1, 0.15) is 50.7 Å². The molecule has 0 saturated carbocycles. The quantitative estimate of drug-likeness (QED) is 0.596. The number of ether oxygens (including phenoxy) is 1. The van der Waals surface area contributed by atoms with Crippen molar-refractivity contribution in [3.63, 3.8) is 0 Å². The average molecular weight is 459 g/mol. The van der Waals surface area contributed by atoms with Gasteiger partial charge in [-0.15, -0.1) is 0 Å². The van der Waals surface area contributed by atoms with Crippen LogP contribution in [0.25, 0.3) is 0 Å². The van der Waals surface area contributed by atoms with Gasteiger partial charge in [0.15, 0.2) is 6.10 Å². The average Bonchev–Trinajstić information content (AvgIpc) is 2.78. The molecule has 1 aliphatic rings. The molecule has 7 heteroatoms. The van der Waals surface area contributed by atoms with Gasteiger partial charge in [0.1, 0.15) is 5.75 Å². The molecule has 2 aromatic carbocycles. The fraction of sp³-hybridized carbons (Fsp3) is 0.480. The van der Waals surface area contributed by atoms with Crippen molar-refractivity contribution >= 4 is 21.6 Å². The van der Waals surface area contributed by atoms with E-state index < -0.39 is 16.1 Å². The molecule has 1 N–H and O–H groups in total. The minimum absolute atomic E-state index is 0.0656. The van der Waals surface area contributed by atoms with Crippen LogP contribution in [0.3, 0.4) is 0 Å². The van der Waals surface area contributed by atoms with Crippen molar-refractivity contribution in [2.45, 2.75) is 64.4 Å². The standard InChI is InChI=1S/C25H34N2O4S/c1-5-7-8-20(6-2)16-26-25(28)24-17-27(22-14-11-19(4)15-23(22)31-24)32(29,30)21-12-9-18(3)10-13-21/h9-15,20,24H,5-8,16-17H2,1-4H3,(H,26,28)/t20-,24-/m1/s1. The van der Waals surface area contributed by atoms with E-state index in [4.69, 9.17) is 4.74 Å². The largest absolute Gasteiger partial charge is 0.476 e. The first kappa shape index (κ1) is 24.1. The molecule has 1 amide bonds. The molecule has 6 nitrogen and oxygen atoms in total. The van der Waals surface area contributed by atoms with Crippen LogP contribution in [0.2, 0.25) is 0 Å². The van der Waals surface area contributed by atoms with E-state index in [0.717, 1.165) is 36.8 Å². The first-order chi connectivity index (χ1) is 15.3. The molecule has 174 valence electrons. The molecule has 1 heterocycles. The molecule has 0 radical (unpaired) electrons. The van der Waals surface area contributed by atoms with E-state index in [9.17, 15) is 13.2 Å². The Kier molecular flexibility index (Phi) is 7.82. The third-order valence-electron chi connectivity index (χ3n) is 5.99. The zero-order valence-corrected chi connectivity index (χ0v) is 20.2. The predicted molar refractivity (Wildman–Crippen MR) is 128 cm³/mol. The van der Waals surface area contributed by atoms with Crippen LogP contribution in [0, 0.1) is 19.8 Å². The number of nitrogens with zero attached hydrogens (tertiary/aromatic N) is 1. The summed E-state index contributed by atoms with van der Waals surface area (Å²) in [7, 11) is -3.85. The fourth-order valence-electron chi connectivity index (χ4n) is 3.86. The van der Waals surface area contributed by atoms with Crippen LogP contribution in [-0.4, -0.2) is 33.5 Å². The van der Waals surface area contributed by atoms with Gasteiger partial charge >= 0.3 is 0 Å². The van der Waals surface area contributed by atoms with Gasteiger partial charge in [0.25, 0.3) is 15.9 Å². The van der Waals surface area contributed by atoms with Gasteiger partial charge in [-0.1, -0.05) is 56.9 Å². The highest BCUT2D eigenvalue weighted by molar-refractivity contribution is 7.92. The number of fused-ring (bicyclic) bond motifs is 1. The number of aryl methyl sites for hydroxylation is 2. The fourth-order valence-corrected chi connectivity index (χ4v) is 5.34. The van der Waals surface area contributed by atoms with Crippen molar-refractivity contribution in [1.29, 1.82) is 0 Å². The molecule has 0 aliphatic carbocycles. The van der Waals surface area contributed by atoms with Gasteiger partial charge in [0, 0.05) is 6.54 Å². The number of rotatable bonds is 9. The molecular weight excluding hydrogens is 424 g/mol. The summed E-state index contributed by atoms with van der Waals surface area (Å²) >= 11 is 0. The lowest BCUT2D eigenvalue weighted by Gasteiger charge is -2.35. The maximum absolute atomic E-state index is 13.5. The van der Waals surface area contributed by atoms with Gasteiger partial charge in [-0.25, -0.2) is 8.42 Å². The number of hydrogen-bond donors (Lipinski definition) is 1. The van der Waals surface area contributed by atoms with E-state index in [1.807, 2.05) is 19.9 Å². The number of nitrogens with one attached hydrogen (secondary N) is 1. The molecule has 0 unspecified atom stereocenters.